The predicted molar refractivity (Wildman–Crippen MR) is 125 cm³/mol. The zero-order valence-electron chi connectivity index (χ0n) is 19.6. The number of aromatic nitrogens is 2. The Morgan fingerprint density at radius 3 is 2.08 bits per heavy atom. The molecule has 4 rings (SSSR count). The van der Waals surface area contributed by atoms with Crippen molar-refractivity contribution in [3.8, 4) is 0 Å². The minimum absolute atomic E-state index is 0.0104. The van der Waals surface area contributed by atoms with Crippen LogP contribution in [0.3, 0.4) is 0 Å². The van der Waals surface area contributed by atoms with E-state index in [1.165, 1.54) is 0 Å². The summed E-state index contributed by atoms with van der Waals surface area (Å²) in [7, 11) is 2.13. The van der Waals surface area contributed by atoms with Crippen LogP contribution in [0.5, 0.6) is 0 Å². The van der Waals surface area contributed by atoms with E-state index in [1.54, 1.807) is 28.2 Å². The number of hydrogen-bond acceptors (Lipinski definition) is 9. The van der Waals surface area contributed by atoms with Gasteiger partial charge in [0.15, 0.2) is 0 Å². The highest BCUT2D eigenvalue weighted by atomic mass is 32.2. The Bertz CT molecular complexity index is 914. The number of anilines is 1. The SMILES string of the molecule is CC1COCCN1C.OC(c1cnc(N2CCN(Sc3cccs3)CC2)nc1)(C(F)(F)F)C(F)(F)F. The van der Waals surface area contributed by atoms with Gasteiger partial charge in [0, 0.05) is 56.7 Å². The van der Waals surface area contributed by atoms with Crippen LogP contribution in [0.1, 0.15) is 12.5 Å². The number of halogens is 6. The highest BCUT2D eigenvalue weighted by molar-refractivity contribution is 7.98. The molecule has 0 spiro atoms. The van der Waals surface area contributed by atoms with Gasteiger partial charge in [0.25, 0.3) is 5.60 Å². The highest BCUT2D eigenvalue weighted by Gasteiger charge is 2.71. The minimum atomic E-state index is -5.96. The smallest absolute Gasteiger partial charge is 0.379 e. The molecule has 2 fully saturated rings. The average molecular weight is 560 g/mol. The van der Waals surface area contributed by atoms with E-state index in [0.29, 0.717) is 44.6 Å². The minimum Gasteiger partial charge on any atom is -0.379 e. The van der Waals surface area contributed by atoms with Gasteiger partial charge in [-0.25, -0.2) is 14.3 Å². The molecule has 0 amide bonds. The molecule has 15 heteroatoms. The molecule has 36 heavy (non-hydrogen) atoms. The predicted octanol–water partition coefficient (Wildman–Crippen LogP) is 4.02. The number of alkyl halides is 6. The molecular weight excluding hydrogens is 532 g/mol. The van der Waals surface area contributed by atoms with E-state index in [1.807, 2.05) is 17.5 Å². The van der Waals surface area contributed by atoms with Crippen molar-refractivity contribution >= 4 is 29.2 Å². The first-order chi connectivity index (χ1) is 16.8. The summed E-state index contributed by atoms with van der Waals surface area (Å²) in [6, 6.07) is 4.53. The lowest BCUT2D eigenvalue weighted by Crippen LogP contribution is -2.54. The topological polar surface area (TPSA) is 65.0 Å². The third kappa shape index (κ3) is 6.81. The zero-order chi connectivity index (χ0) is 26.6. The van der Waals surface area contributed by atoms with E-state index < -0.39 is 23.5 Å². The van der Waals surface area contributed by atoms with Gasteiger partial charge < -0.3 is 14.7 Å². The number of rotatable bonds is 4. The van der Waals surface area contributed by atoms with Crippen molar-refractivity contribution in [1.29, 1.82) is 0 Å². The fraction of sp³-hybridized carbons (Fsp3) is 0.619. The summed E-state index contributed by atoms with van der Waals surface area (Å²) in [4.78, 5) is 11.2. The van der Waals surface area contributed by atoms with Gasteiger partial charge in [0.2, 0.25) is 5.95 Å². The molecule has 0 aromatic carbocycles. The molecule has 2 saturated heterocycles. The molecule has 2 aliphatic heterocycles. The summed E-state index contributed by atoms with van der Waals surface area (Å²) >= 11 is 3.18. The lowest BCUT2D eigenvalue weighted by molar-refractivity contribution is -0.376. The summed E-state index contributed by atoms with van der Waals surface area (Å²) in [6.07, 6.45) is -11.2. The van der Waals surface area contributed by atoms with E-state index in [-0.39, 0.29) is 5.95 Å². The molecule has 0 bridgehead atoms. The molecular formula is C21H27F6N5O2S2. The molecule has 2 aromatic heterocycles. The molecule has 4 heterocycles. The summed E-state index contributed by atoms with van der Waals surface area (Å²) in [5.74, 6) is 0.0104. The Balaban J connectivity index is 0.000000383. The Kier molecular flexibility index (Phi) is 9.49. The first kappa shape index (κ1) is 28.9. The maximum absolute atomic E-state index is 12.9. The molecule has 0 saturated carbocycles. The van der Waals surface area contributed by atoms with E-state index >= 15 is 0 Å². The van der Waals surface area contributed by atoms with Crippen LogP contribution in [0.2, 0.25) is 0 Å². The van der Waals surface area contributed by atoms with Crippen LogP contribution in [-0.2, 0) is 10.3 Å². The Hall–Kier alpha value is -1.65. The van der Waals surface area contributed by atoms with Gasteiger partial charge in [0.05, 0.1) is 17.4 Å². The zero-order valence-corrected chi connectivity index (χ0v) is 21.2. The molecule has 202 valence electrons. The Morgan fingerprint density at radius 1 is 1.03 bits per heavy atom. The van der Waals surface area contributed by atoms with Crippen molar-refractivity contribution < 1.29 is 36.2 Å². The van der Waals surface area contributed by atoms with Crippen LogP contribution >= 0.6 is 23.3 Å². The molecule has 2 aromatic rings. The number of aliphatic hydroxyl groups is 1. The third-order valence-electron chi connectivity index (χ3n) is 5.81. The first-order valence-corrected chi connectivity index (χ1v) is 12.7. The van der Waals surface area contributed by atoms with Crippen molar-refractivity contribution in [3.05, 3.63) is 35.5 Å². The van der Waals surface area contributed by atoms with Gasteiger partial charge in [-0.1, -0.05) is 6.07 Å². The van der Waals surface area contributed by atoms with Crippen molar-refractivity contribution in [3.63, 3.8) is 0 Å². The normalized spacial score (nSPS) is 20.7. The molecule has 1 unspecified atom stereocenters. The second-order valence-electron chi connectivity index (χ2n) is 8.32. The van der Waals surface area contributed by atoms with Gasteiger partial charge in [0.1, 0.15) is 0 Å². The van der Waals surface area contributed by atoms with Gasteiger partial charge in [-0.3, -0.25) is 4.90 Å². The number of nitrogens with zero attached hydrogens (tertiary/aromatic N) is 5. The van der Waals surface area contributed by atoms with Crippen molar-refractivity contribution in [2.24, 2.45) is 0 Å². The van der Waals surface area contributed by atoms with E-state index in [2.05, 4.69) is 33.1 Å². The van der Waals surface area contributed by atoms with Crippen LogP contribution in [-0.4, -0.2) is 95.7 Å². The lowest BCUT2D eigenvalue weighted by atomic mass is 9.95. The van der Waals surface area contributed by atoms with Gasteiger partial charge >= 0.3 is 12.4 Å². The van der Waals surface area contributed by atoms with Crippen molar-refractivity contribution in [1.82, 2.24) is 19.2 Å². The van der Waals surface area contributed by atoms with Crippen LogP contribution in [0.15, 0.2) is 34.1 Å². The number of thiophene rings is 1. The van der Waals surface area contributed by atoms with Crippen LogP contribution in [0.25, 0.3) is 0 Å². The second kappa shape index (κ2) is 11.8. The number of ether oxygens (including phenoxy) is 1. The molecule has 0 radical (unpaired) electrons. The molecule has 0 aliphatic carbocycles. The molecule has 1 atom stereocenters. The quantitative estimate of drug-likeness (QED) is 0.446. The van der Waals surface area contributed by atoms with E-state index in [0.717, 1.165) is 24.0 Å². The standard InChI is InChI=1S/C15H14F6N4OS2.C6H13NO/c16-14(17,18)13(26,15(19,20)21)10-8-22-12(23-9-10)24-3-5-25(6-4-24)28-11-2-1-7-27-11;1-6-5-8-4-3-7(6)2/h1-2,7-9,26H,3-6H2;6H,3-5H2,1-2H3. The van der Waals surface area contributed by atoms with Crippen molar-refractivity contribution in [2.75, 3.05) is 57.9 Å². The van der Waals surface area contributed by atoms with Gasteiger partial charge in [-0.05, 0) is 37.4 Å². The fourth-order valence-electron chi connectivity index (χ4n) is 3.39. The maximum Gasteiger partial charge on any atom is 0.430 e. The number of piperazine rings is 1. The summed E-state index contributed by atoms with van der Waals surface area (Å²) < 4.78 is 85.8. The van der Waals surface area contributed by atoms with Crippen LogP contribution in [0, 0.1) is 0 Å². The number of hydrogen-bond donors (Lipinski definition) is 1. The van der Waals surface area contributed by atoms with E-state index in [4.69, 9.17) is 4.74 Å². The second-order valence-corrected chi connectivity index (χ2v) is 10.7. The monoisotopic (exact) mass is 559 g/mol. The molecule has 2 aliphatic rings. The Labute approximate surface area is 213 Å². The fourth-order valence-corrected chi connectivity index (χ4v) is 5.23. The van der Waals surface area contributed by atoms with Gasteiger partial charge in [-0.2, -0.15) is 26.3 Å². The average Bonchev–Trinajstić information content (AvgIpc) is 3.33. The largest absolute Gasteiger partial charge is 0.430 e. The summed E-state index contributed by atoms with van der Waals surface area (Å²) in [5.41, 5.74) is -6.49. The van der Waals surface area contributed by atoms with Crippen LogP contribution < -0.4 is 4.90 Å². The number of likely N-dealkylation sites (N-methyl/N-ethyl adjacent to an activating group) is 1. The Morgan fingerprint density at radius 2 is 1.64 bits per heavy atom. The number of morpholine rings is 1. The van der Waals surface area contributed by atoms with E-state index in [9.17, 15) is 31.4 Å². The maximum atomic E-state index is 12.9. The van der Waals surface area contributed by atoms with Crippen molar-refractivity contribution in [2.45, 2.75) is 35.1 Å². The molecule has 1 N–H and O–H groups in total. The summed E-state index contributed by atoms with van der Waals surface area (Å²) in [6.45, 7) is 7.21. The van der Waals surface area contributed by atoms with Gasteiger partial charge in [-0.15, -0.1) is 11.3 Å². The summed E-state index contributed by atoms with van der Waals surface area (Å²) in [5, 5.41) is 11.3. The molecule has 7 nitrogen and oxygen atoms in total. The lowest BCUT2D eigenvalue weighted by Gasteiger charge is -2.34. The highest BCUT2D eigenvalue weighted by Crippen LogP contribution is 2.49. The van der Waals surface area contributed by atoms with Crippen LogP contribution in [0.4, 0.5) is 32.3 Å². The first-order valence-electron chi connectivity index (χ1n) is 11.0. The third-order valence-corrected chi connectivity index (χ3v) is 7.93.